The summed E-state index contributed by atoms with van der Waals surface area (Å²) in [6.45, 7) is 2.24. The average molecular weight is 263 g/mol. The predicted molar refractivity (Wildman–Crippen MR) is 72.0 cm³/mol. The van der Waals surface area contributed by atoms with Crippen LogP contribution in [0.3, 0.4) is 0 Å². The van der Waals surface area contributed by atoms with E-state index in [0.717, 1.165) is 25.9 Å². The molecule has 1 aliphatic heterocycles. The maximum atomic E-state index is 10.7. The van der Waals surface area contributed by atoms with Crippen LogP contribution >= 0.6 is 0 Å². The summed E-state index contributed by atoms with van der Waals surface area (Å²) in [6, 6.07) is 0. The van der Waals surface area contributed by atoms with Gasteiger partial charge in [0.2, 0.25) is 0 Å². The molecule has 0 bridgehead atoms. The summed E-state index contributed by atoms with van der Waals surface area (Å²) in [6.07, 6.45) is 4.80. The van der Waals surface area contributed by atoms with Gasteiger partial charge in [-0.15, -0.1) is 0 Å². The van der Waals surface area contributed by atoms with Gasteiger partial charge in [-0.25, -0.2) is 0 Å². The van der Waals surface area contributed by atoms with Crippen LogP contribution < -0.4 is 5.73 Å². The highest BCUT2D eigenvalue weighted by Gasteiger charge is 2.31. The number of nitrogens with two attached hydrogens (primary N) is 1. The molecule has 2 rings (SSSR count). The van der Waals surface area contributed by atoms with Crippen LogP contribution in [0.4, 0.5) is 0 Å². The van der Waals surface area contributed by atoms with E-state index in [2.05, 4.69) is 0 Å². The lowest BCUT2D eigenvalue weighted by Gasteiger charge is -2.35. The molecule has 102 valence electrons. The van der Waals surface area contributed by atoms with Gasteiger partial charge in [0, 0.05) is 19.2 Å². The summed E-state index contributed by atoms with van der Waals surface area (Å²) in [7, 11) is 0. The van der Waals surface area contributed by atoms with E-state index in [1.54, 1.807) is 6.08 Å². The Morgan fingerprint density at radius 2 is 1.95 bits per heavy atom. The summed E-state index contributed by atoms with van der Waals surface area (Å²) >= 11 is 0. The van der Waals surface area contributed by atoms with Crippen molar-refractivity contribution in [1.82, 2.24) is 4.90 Å². The molecule has 0 saturated carbocycles. The fraction of sp³-hybridized carbons (Fsp3) is 0.500. The molecular weight excluding hydrogens is 246 g/mol. The molecule has 0 aromatic rings. The molecule has 0 radical (unpaired) electrons. The Labute approximate surface area is 110 Å². The van der Waals surface area contributed by atoms with Crippen LogP contribution in [-0.4, -0.2) is 40.9 Å². The highest BCUT2D eigenvalue weighted by molar-refractivity contribution is 6.51. The molecule has 7 nitrogen and oxygen atoms in total. The van der Waals surface area contributed by atoms with Crippen molar-refractivity contribution in [2.45, 2.75) is 12.8 Å². The van der Waals surface area contributed by atoms with Gasteiger partial charge in [0.15, 0.2) is 5.71 Å². The Balaban J connectivity index is 2.15. The molecule has 19 heavy (non-hydrogen) atoms. The first-order chi connectivity index (χ1) is 9.04. The van der Waals surface area contributed by atoms with Gasteiger partial charge in [0.1, 0.15) is 5.71 Å². The zero-order valence-electron chi connectivity index (χ0n) is 10.6. The molecule has 1 aliphatic carbocycles. The summed E-state index contributed by atoms with van der Waals surface area (Å²) < 4.78 is 0. The Bertz CT molecular complexity index is 486. The average Bonchev–Trinajstić information content (AvgIpc) is 2.41. The van der Waals surface area contributed by atoms with Crippen molar-refractivity contribution in [2.24, 2.45) is 11.7 Å². The fourth-order valence-electron chi connectivity index (χ4n) is 2.41. The number of allylic oxidation sites excluding steroid dienone is 4. The minimum atomic E-state index is -0.620. The zero-order chi connectivity index (χ0) is 14.0. The molecule has 0 amide bonds. The summed E-state index contributed by atoms with van der Waals surface area (Å²) in [5.41, 5.74) is 5.54. The third kappa shape index (κ3) is 2.55. The van der Waals surface area contributed by atoms with Crippen molar-refractivity contribution in [3.8, 4) is 0 Å². The third-order valence-electron chi connectivity index (χ3n) is 3.65. The van der Waals surface area contributed by atoms with Crippen LogP contribution in [0.15, 0.2) is 23.5 Å². The van der Waals surface area contributed by atoms with Crippen molar-refractivity contribution in [3.63, 3.8) is 0 Å². The molecule has 2 aliphatic rings. The van der Waals surface area contributed by atoms with Crippen LogP contribution in [0.5, 0.6) is 0 Å². The molecule has 1 saturated heterocycles. The van der Waals surface area contributed by atoms with E-state index in [4.69, 9.17) is 16.6 Å². The van der Waals surface area contributed by atoms with Crippen molar-refractivity contribution < 1.29 is 4.92 Å². The van der Waals surface area contributed by atoms with Gasteiger partial charge in [-0.1, -0.05) is 0 Å². The second-order valence-electron chi connectivity index (χ2n) is 4.78. The second kappa shape index (κ2) is 5.31. The van der Waals surface area contributed by atoms with Crippen molar-refractivity contribution in [2.75, 3.05) is 19.6 Å². The number of nitrogens with one attached hydrogen (secondary N) is 2. The third-order valence-corrected chi connectivity index (χ3v) is 3.65. The minimum absolute atomic E-state index is 0.0691. The number of rotatable bonds is 3. The Hall–Kier alpha value is -2.02. The van der Waals surface area contributed by atoms with Gasteiger partial charge in [-0.05, 0) is 31.4 Å². The molecule has 4 N–H and O–H groups in total. The van der Waals surface area contributed by atoms with Crippen molar-refractivity contribution in [1.29, 1.82) is 10.8 Å². The smallest absolute Gasteiger partial charge is 0.296 e. The quantitative estimate of drug-likeness (QED) is 0.395. The van der Waals surface area contributed by atoms with Crippen molar-refractivity contribution in [3.05, 3.63) is 33.7 Å². The van der Waals surface area contributed by atoms with E-state index in [0.29, 0.717) is 18.2 Å². The van der Waals surface area contributed by atoms with Gasteiger partial charge in [-0.2, -0.15) is 0 Å². The second-order valence-corrected chi connectivity index (χ2v) is 4.78. The summed E-state index contributed by atoms with van der Waals surface area (Å²) in [5.74, 6) is 0.513. The fourth-order valence-corrected chi connectivity index (χ4v) is 2.41. The Kier molecular flexibility index (Phi) is 3.75. The van der Waals surface area contributed by atoms with E-state index < -0.39 is 4.92 Å². The van der Waals surface area contributed by atoms with Crippen LogP contribution in [0, 0.1) is 26.9 Å². The Morgan fingerprint density at radius 1 is 1.32 bits per heavy atom. The largest absolute Gasteiger partial charge is 0.370 e. The Morgan fingerprint density at radius 3 is 2.47 bits per heavy atom. The van der Waals surface area contributed by atoms with Gasteiger partial charge < -0.3 is 10.6 Å². The molecule has 1 heterocycles. The van der Waals surface area contributed by atoms with E-state index in [9.17, 15) is 10.1 Å². The lowest BCUT2D eigenvalue weighted by molar-refractivity contribution is -0.414. The first-order valence-corrected chi connectivity index (χ1v) is 6.24. The van der Waals surface area contributed by atoms with Crippen LogP contribution in [0.25, 0.3) is 0 Å². The number of hydrogen-bond acceptors (Lipinski definition) is 6. The first kappa shape index (κ1) is 13.4. The monoisotopic (exact) mass is 263 g/mol. The van der Waals surface area contributed by atoms with E-state index >= 15 is 0 Å². The zero-order valence-corrected chi connectivity index (χ0v) is 10.6. The highest BCUT2D eigenvalue weighted by atomic mass is 16.6. The van der Waals surface area contributed by atoms with Crippen LogP contribution in [-0.2, 0) is 0 Å². The molecular formula is C12H17N5O2. The number of nitro groups is 1. The first-order valence-electron chi connectivity index (χ1n) is 6.24. The lowest BCUT2D eigenvalue weighted by Crippen LogP contribution is -2.40. The lowest BCUT2D eigenvalue weighted by atomic mass is 9.94. The molecule has 0 aromatic carbocycles. The summed E-state index contributed by atoms with van der Waals surface area (Å²) in [4.78, 5) is 12.1. The van der Waals surface area contributed by atoms with E-state index in [1.165, 1.54) is 6.08 Å². The number of piperidine rings is 1. The predicted octanol–water partition coefficient (Wildman–Crippen LogP) is 0.755. The van der Waals surface area contributed by atoms with Gasteiger partial charge in [0.05, 0.1) is 10.6 Å². The number of nitrogens with zero attached hydrogens (tertiary/aromatic N) is 2. The number of likely N-dealkylation sites (tertiary alicyclic amines) is 1. The molecule has 0 unspecified atom stereocenters. The van der Waals surface area contributed by atoms with Crippen LogP contribution in [0.1, 0.15) is 12.8 Å². The molecule has 1 fully saturated rings. The van der Waals surface area contributed by atoms with Gasteiger partial charge in [-0.3, -0.25) is 20.9 Å². The minimum Gasteiger partial charge on any atom is -0.370 e. The van der Waals surface area contributed by atoms with Crippen LogP contribution in [0.2, 0.25) is 0 Å². The van der Waals surface area contributed by atoms with Gasteiger partial charge >= 0.3 is 0 Å². The normalized spacial score (nSPS) is 21.2. The highest BCUT2D eigenvalue weighted by Crippen LogP contribution is 2.23. The maximum Gasteiger partial charge on any atom is 0.296 e. The number of hydrogen-bond donors (Lipinski definition) is 3. The van der Waals surface area contributed by atoms with E-state index in [-0.39, 0.29) is 17.1 Å². The molecule has 7 heteroatoms. The summed E-state index contributed by atoms with van der Waals surface area (Å²) in [5, 5.41) is 26.3. The maximum absolute atomic E-state index is 10.7. The molecule has 0 aromatic heterocycles. The molecule has 0 atom stereocenters. The van der Waals surface area contributed by atoms with Gasteiger partial charge in [0.25, 0.3) is 5.70 Å². The molecule has 0 spiro atoms. The topological polar surface area (TPSA) is 120 Å². The van der Waals surface area contributed by atoms with Crippen molar-refractivity contribution >= 4 is 11.4 Å². The van der Waals surface area contributed by atoms with E-state index in [1.807, 2.05) is 4.90 Å². The standard InChI is InChI=1S/C12H17N5O2/c13-7-8-3-5-16(6-4-8)9-1-2-10(17(18)19)12(15)11(9)14/h1-2,8,14-15H,3-7,13H2. The SMILES string of the molecule is N=C1C(=N)C([N+](=O)[O-])=CC=C1N1CCC(CN)CC1.